The van der Waals surface area contributed by atoms with E-state index < -0.39 is 0 Å². The average Bonchev–Trinajstić information content (AvgIpc) is 3.09. The van der Waals surface area contributed by atoms with Gasteiger partial charge in [-0.2, -0.15) is 0 Å². The highest BCUT2D eigenvalue weighted by Gasteiger charge is 2.25. The lowest BCUT2D eigenvalue weighted by Crippen LogP contribution is -2.32. The molecule has 1 saturated carbocycles. The molecule has 0 bridgehead atoms. The van der Waals surface area contributed by atoms with E-state index in [9.17, 15) is 5.11 Å². The zero-order valence-corrected chi connectivity index (χ0v) is 11.1. The van der Waals surface area contributed by atoms with Crippen molar-refractivity contribution in [3.63, 3.8) is 0 Å². The lowest BCUT2D eigenvalue weighted by atomic mass is 10.1. The summed E-state index contributed by atoms with van der Waals surface area (Å²) in [5, 5.41) is 9.20. The van der Waals surface area contributed by atoms with Crippen LogP contribution in [0.1, 0.15) is 37.8 Å². The Hall–Kier alpha value is -1.02. The lowest BCUT2D eigenvalue weighted by Gasteiger charge is -2.29. The van der Waals surface area contributed by atoms with Gasteiger partial charge in [-0.3, -0.25) is 0 Å². The highest BCUT2D eigenvalue weighted by Crippen LogP contribution is 2.32. The maximum Gasteiger partial charge on any atom is 0.0684 e. The Morgan fingerprint density at radius 2 is 2.06 bits per heavy atom. The summed E-state index contributed by atoms with van der Waals surface area (Å²) in [5.74, 6) is 0.898. The predicted molar refractivity (Wildman–Crippen MR) is 72.3 cm³/mol. The summed E-state index contributed by atoms with van der Waals surface area (Å²) >= 11 is 0. The monoisotopic (exact) mass is 233 g/mol. The van der Waals surface area contributed by atoms with Crippen LogP contribution in [0, 0.1) is 12.8 Å². The minimum atomic E-state index is 0.135. The molecule has 2 nitrogen and oxygen atoms in total. The number of aryl methyl sites for hydroxylation is 1. The fourth-order valence-electron chi connectivity index (χ4n) is 2.23. The van der Waals surface area contributed by atoms with Crippen LogP contribution >= 0.6 is 0 Å². The number of benzene rings is 1. The topological polar surface area (TPSA) is 23.5 Å². The first-order valence-corrected chi connectivity index (χ1v) is 6.59. The molecule has 0 aliphatic heterocycles. The summed E-state index contributed by atoms with van der Waals surface area (Å²) in [5.41, 5.74) is 3.51. The van der Waals surface area contributed by atoms with Gasteiger partial charge < -0.3 is 10.0 Å². The second-order valence-electron chi connectivity index (χ2n) is 5.46. The van der Waals surface area contributed by atoms with Crippen LogP contribution in [0.25, 0.3) is 0 Å². The van der Waals surface area contributed by atoms with E-state index >= 15 is 0 Å². The number of hydrogen-bond donors (Lipinski definition) is 1. The Morgan fingerprint density at radius 3 is 2.53 bits per heavy atom. The Morgan fingerprint density at radius 1 is 1.35 bits per heavy atom. The van der Waals surface area contributed by atoms with Crippen molar-refractivity contribution in [1.29, 1.82) is 0 Å². The molecule has 0 aromatic heterocycles. The quantitative estimate of drug-likeness (QED) is 0.844. The van der Waals surface area contributed by atoms with E-state index in [0.29, 0.717) is 6.04 Å². The number of aliphatic hydroxyl groups is 1. The van der Waals surface area contributed by atoms with Gasteiger partial charge in [0.05, 0.1) is 6.61 Å². The first kappa shape index (κ1) is 12.4. The van der Waals surface area contributed by atoms with Crippen LogP contribution in [0.2, 0.25) is 0 Å². The van der Waals surface area contributed by atoms with Crippen LogP contribution in [0.5, 0.6) is 0 Å². The van der Waals surface area contributed by atoms with Crippen LogP contribution in [-0.4, -0.2) is 17.7 Å². The molecule has 0 amide bonds. The summed E-state index contributed by atoms with van der Waals surface area (Å²) in [7, 11) is 0. The smallest absolute Gasteiger partial charge is 0.0684 e. The van der Waals surface area contributed by atoms with Gasteiger partial charge in [0.2, 0.25) is 0 Å². The maximum atomic E-state index is 9.20. The predicted octanol–water partition coefficient (Wildman–Crippen LogP) is 3.11. The first-order chi connectivity index (χ1) is 8.11. The molecule has 1 aliphatic carbocycles. The van der Waals surface area contributed by atoms with Gasteiger partial charge in [-0.05, 0) is 62.8 Å². The van der Waals surface area contributed by atoms with Gasteiger partial charge in [0.25, 0.3) is 0 Å². The standard InChI is InChI=1S/C15H23NO/c1-11(2)16(9-13-4-5-13)15-7-6-14(10-17)12(3)8-15/h6-8,11,13,17H,4-5,9-10H2,1-3H3. The third-order valence-corrected chi connectivity index (χ3v) is 3.60. The zero-order valence-electron chi connectivity index (χ0n) is 11.1. The normalized spacial score (nSPS) is 15.4. The van der Waals surface area contributed by atoms with E-state index in [0.717, 1.165) is 11.5 Å². The summed E-state index contributed by atoms with van der Waals surface area (Å²) in [6, 6.07) is 6.93. The Kier molecular flexibility index (Phi) is 3.72. The van der Waals surface area contributed by atoms with Gasteiger partial charge in [0.1, 0.15) is 0 Å². The van der Waals surface area contributed by atoms with E-state index in [-0.39, 0.29) is 6.61 Å². The van der Waals surface area contributed by atoms with Crippen molar-refractivity contribution in [1.82, 2.24) is 0 Å². The van der Waals surface area contributed by atoms with Gasteiger partial charge in [-0.15, -0.1) is 0 Å². The Labute approximate surface area is 104 Å². The third-order valence-electron chi connectivity index (χ3n) is 3.60. The van der Waals surface area contributed by atoms with E-state index in [1.807, 2.05) is 6.07 Å². The largest absolute Gasteiger partial charge is 0.392 e. The average molecular weight is 233 g/mol. The molecule has 1 fully saturated rings. The molecule has 1 N–H and O–H groups in total. The van der Waals surface area contributed by atoms with E-state index in [2.05, 4.69) is 37.8 Å². The highest BCUT2D eigenvalue weighted by molar-refractivity contribution is 5.51. The molecule has 0 atom stereocenters. The van der Waals surface area contributed by atoms with Crippen LogP contribution in [0.4, 0.5) is 5.69 Å². The number of nitrogens with zero attached hydrogens (tertiary/aromatic N) is 1. The zero-order chi connectivity index (χ0) is 12.4. The van der Waals surface area contributed by atoms with E-state index in [1.165, 1.54) is 30.6 Å². The molecule has 17 heavy (non-hydrogen) atoms. The molecule has 0 heterocycles. The van der Waals surface area contributed by atoms with Gasteiger partial charge in [-0.1, -0.05) is 6.07 Å². The van der Waals surface area contributed by atoms with E-state index in [1.54, 1.807) is 0 Å². The molecular formula is C15H23NO. The second kappa shape index (κ2) is 5.09. The van der Waals surface area contributed by atoms with Crippen molar-refractivity contribution < 1.29 is 5.11 Å². The molecule has 1 aromatic rings. The van der Waals surface area contributed by atoms with Crippen molar-refractivity contribution in [3.05, 3.63) is 29.3 Å². The van der Waals surface area contributed by atoms with Crippen LogP contribution in [-0.2, 0) is 6.61 Å². The van der Waals surface area contributed by atoms with Crippen molar-refractivity contribution >= 4 is 5.69 Å². The molecule has 1 aliphatic rings. The minimum Gasteiger partial charge on any atom is -0.392 e. The third kappa shape index (κ3) is 3.01. The number of anilines is 1. The van der Waals surface area contributed by atoms with Gasteiger partial charge in [-0.25, -0.2) is 0 Å². The SMILES string of the molecule is Cc1cc(N(CC2CC2)C(C)C)ccc1CO. The van der Waals surface area contributed by atoms with Gasteiger partial charge >= 0.3 is 0 Å². The number of aliphatic hydroxyl groups excluding tert-OH is 1. The highest BCUT2D eigenvalue weighted by atomic mass is 16.3. The van der Waals surface area contributed by atoms with Crippen LogP contribution in [0.3, 0.4) is 0 Å². The minimum absolute atomic E-state index is 0.135. The van der Waals surface area contributed by atoms with E-state index in [4.69, 9.17) is 0 Å². The molecule has 0 saturated heterocycles. The second-order valence-corrected chi connectivity index (χ2v) is 5.46. The van der Waals surface area contributed by atoms with Crippen LogP contribution in [0.15, 0.2) is 18.2 Å². The summed E-state index contributed by atoms with van der Waals surface area (Å²) < 4.78 is 0. The fourth-order valence-corrected chi connectivity index (χ4v) is 2.23. The molecule has 1 aromatic carbocycles. The van der Waals surface area contributed by atoms with Crippen molar-refractivity contribution in [2.24, 2.45) is 5.92 Å². The molecule has 0 spiro atoms. The number of hydrogen-bond acceptors (Lipinski definition) is 2. The first-order valence-electron chi connectivity index (χ1n) is 6.59. The van der Waals surface area contributed by atoms with Crippen molar-refractivity contribution in [2.45, 2.75) is 46.3 Å². The molecule has 0 radical (unpaired) electrons. The van der Waals surface area contributed by atoms with Crippen LogP contribution < -0.4 is 4.90 Å². The summed E-state index contributed by atoms with van der Waals surface area (Å²) in [4.78, 5) is 2.48. The molecular weight excluding hydrogens is 210 g/mol. The maximum absolute atomic E-state index is 9.20. The molecule has 2 rings (SSSR count). The fraction of sp³-hybridized carbons (Fsp3) is 0.600. The van der Waals surface area contributed by atoms with Gasteiger partial charge in [0.15, 0.2) is 0 Å². The Bertz CT molecular complexity index is 383. The summed E-state index contributed by atoms with van der Waals surface area (Å²) in [6.07, 6.45) is 2.77. The molecule has 94 valence electrons. The van der Waals surface area contributed by atoms with Gasteiger partial charge in [0, 0.05) is 18.3 Å². The molecule has 0 unspecified atom stereocenters. The van der Waals surface area contributed by atoms with Crippen molar-refractivity contribution in [3.8, 4) is 0 Å². The summed E-state index contributed by atoms with van der Waals surface area (Å²) in [6.45, 7) is 7.88. The number of rotatable bonds is 5. The lowest BCUT2D eigenvalue weighted by molar-refractivity contribution is 0.281. The molecule has 2 heteroatoms. The van der Waals surface area contributed by atoms with Crippen molar-refractivity contribution in [2.75, 3.05) is 11.4 Å². The Balaban J connectivity index is 2.19.